The number of hydrogen-bond donors (Lipinski definition) is 1. The summed E-state index contributed by atoms with van der Waals surface area (Å²) in [7, 11) is 0. The van der Waals surface area contributed by atoms with Crippen molar-refractivity contribution in [1.82, 2.24) is 20.1 Å². The number of fused-ring (bicyclic) bond motifs is 1. The van der Waals surface area contributed by atoms with Crippen LogP contribution in [0.25, 0.3) is 11.0 Å². The van der Waals surface area contributed by atoms with Gasteiger partial charge in [0.15, 0.2) is 5.16 Å². The van der Waals surface area contributed by atoms with Gasteiger partial charge in [0.25, 0.3) is 0 Å². The highest BCUT2D eigenvalue weighted by molar-refractivity contribution is 7.98. The van der Waals surface area contributed by atoms with Crippen LogP contribution >= 0.6 is 11.8 Å². The van der Waals surface area contributed by atoms with Crippen LogP contribution < -0.4 is 5.32 Å². The Morgan fingerprint density at radius 3 is 2.77 bits per heavy atom. The van der Waals surface area contributed by atoms with Crippen molar-refractivity contribution in [2.24, 2.45) is 0 Å². The molecule has 0 bridgehead atoms. The zero-order chi connectivity index (χ0) is 21.1. The van der Waals surface area contributed by atoms with Crippen molar-refractivity contribution in [2.45, 2.75) is 70.0 Å². The van der Waals surface area contributed by atoms with E-state index in [-0.39, 0.29) is 5.91 Å². The van der Waals surface area contributed by atoms with Crippen LogP contribution in [0.4, 0.5) is 0 Å². The van der Waals surface area contributed by atoms with Gasteiger partial charge in [-0.2, -0.15) is 0 Å². The molecule has 1 amide bonds. The first-order valence-electron chi connectivity index (χ1n) is 10.8. The fourth-order valence-corrected chi connectivity index (χ4v) is 4.90. The summed E-state index contributed by atoms with van der Waals surface area (Å²) in [5.74, 6) is 1.07. The van der Waals surface area contributed by atoms with Crippen molar-refractivity contribution in [3.63, 3.8) is 0 Å². The molecule has 1 aliphatic carbocycles. The monoisotopic (exact) mass is 426 g/mol. The molecule has 160 valence electrons. The van der Waals surface area contributed by atoms with Crippen LogP contribution in [0.5, 0.6) is 0 Å². The topological polar surface area (TPSA) is 73.0 Å². The lowest BCUT2D eigenvalue weighted by Crippen LogP contribution is -2.26. The third-order valence-electron chi connectivity index (χ3n) is 6.13. The molecule has 3 aromatic rings. The Morgan fingerprint density at radius 2 is 2.00 bits per heavy atom. The minimum absolute atomic E-state index is 0.0259. The van der Waals surface area contributed by atoms with Crippen molar-refractivity contribution in [3.8, 4) is 0 Å². The number of aryl methyl sites for hydroxylation is 3. The van der Waals surface area contributed by atoms with E-state index in [9.17, 15) is 4.79 Å². The Hall–Kier alpha value is -2.28. The molecule has 7 heteroatoms. The minimum atomic E-state index is 0.0259. The lowest BCUT2D eigenvalue weighted by atomic mass is 10.0. The summed E-state index contributed by atoms with van der Waals surface area (Å²) in [4.78, 5) is 12.5. The van der Waals surface area contributed by atoms with Crippen LogP contribution in [0.3, 0.4) is 0 Å². The van der Waals surface area contributed by atoms with E-state index in [2.05, 4.69) is 46.3 Å². The molecule has 1 fully saturated rings. The third kappa shape index (κ3) is 4.41. The van der Waals surface area contributed by atoms with Crippen molar-refractivity contribution in [3.05, 3.63) is 40.9 Å². The van der Waals surface area contributed by atoms with Crippen molar-refractivity contribution >= 4 is 28.6 Å². The summed E-state index contributed by atoms with van der Waals surface area (Å²) < 4.78 is 7.98. The molecule has 0 saturated heterocycles. The molecule has 30 heavy (non-hydrogen) atoms. The number of carbonyl (C=O) groups excluding carboxylic acids is 1. The Morgan fingerprint density at radius 1 is 1.23 bits per heavy atom. The molecule has 0 unspecified atom stereocenters. The Kier molecular flexibility index (Phi) is 6.46. The smallest absolute Gasteiger partial charge is 0.224 e. The molecule has 0 atom stereocenters. The molecular weight excluding hydrogens is 396 g/mol. The van der Waals surface area contributed by atoms with Crippen LogP contribution in [-0.4, -0.2) is 33.5 Å². The first kappa shape index (κ1) is 21.0. The third-order valence-corrected chi connectivity index (χ3v) is 6.77. The van der Waals surface area contributed by atoms with Crippen LogP contribution in [0.2, 0.25) is 0 Å². The second-order valence-electron chi connectivity index (χ2n) is 8.24. The van der Waals surface area contributed by atoms with E-state index < -0.39 is 0 Å². The van der Waals surface area contributed by atoms with Crippen LogP contribution in [0.15, 0.2) is 28.0 Å². The summed E-state index contributed by atoms with van der Waals surface area (Å²) in [5, 5.41) is 13.9. The van der Waals surface area contributed by atoms with Gasteiger partial charge in [0.05, 0.1) is 12.7 Å². The molecule has 6 nitrogen and oxygen atoms in total. The van der Waals surface area contributed by atoms with Crippen molar-refractivity contribution in [1.29, 1.82) is 0 Å². The fraction of sp³-hybridized carbons (Fsp3) is 0.522. The first-order chi connectivity index (χ1) is 14.6. The van der Waals surface area contributed by atoms with E-state index in [1.54, 1.807) is 18.0 Å². The standard InChI is InChI=1S/C23H30N4O2S/c1-15-11-19-17(14-29-20(19)12-16(15)2)13-22(28)24-10-6-9-21-25-26-23(30-3)27(21)18-7-4-5-8-18/h11-12,14,18H,4-10,13H2,1-3H3,(H,24,28). The molecule has 2 heterocycles. The summed E-state index contributed by atoms with van der Waals surface area (Å²) in [6.45, 7) is 4.79. The quantitative estimate of drug-likeness (QED) is 0.415. The lowest BCUT2D eigenvalue weighted by Gasteiger charge is -2.16. The Bertz CT molecular complexity index is 1030. The molecular formula is C23H30N4O2S. The number of carbonyl (C=O) groups is 1. The van der Waals surface area contributed by atoms with Gasteiger partial charge in [-0.25, -0.2) is 0 Å². The molecule has 1 saturated carbocycles. The summed E-state index contributed by atoms with van der Waals surface area (Å²) in [6.07, 6.45) is 10.8. The van der Waals surface area contributed by atoms with Gasteiger partial charge in [-0.1, -0.05) is 24.6 Å². The van der Waals surface area contributed by atoms with E-state index in [0.29, 0.717) is 19.0 Å². The maximum atomic E-state index is 12.5. The number of aromatic nitrogens is 3. The van der Waals surface area contributed by atoms with E-state index in [4.69, 9.17) is 4.42 Å². The van der Waals surface area contributed by atoms with Gasteiger partial charge >= 0.3 is 0 Å². The largest absolute Gasteiger partial charge is 0.464 e. The minimum Gasteiger partial charge on any atom is -0.464 e. The maximum Gasteiger partial charge on any atom is 0.224 e. The molecule has 1 aromatic carbocycles. The molecule has 0 radical (unpaired) electrons. The maximum absolute atomic E-state index is 12.5. The van der Waals surface area contributed by atoms with Gasteiger partial charge < -0.3 is 14.3 Å². The highest BCUT2D eigenvalue weighted by Crippen LogP contribution is 2.33. The van der Waals surface area contributed by atoms with Crippen molar-refractivity contribution in [2.75, 3.05) is 12.8 Å². The predicted octanol–water partition coefficient (Wildman–Crippen LogP) is 4.77. The van der Waals surface area contributed by atoms with Gasteiger partial charge in [-0.05, 0) is 62.6 Å². The number of furan rings is 1. The first-order valence-corrected chi connectivity index (χ1v) is 12.0. The number of nitrogens with zero attached hydrogens (tertiary/aromatic N) is 3. The molecule has 0 spiro atoms. The predicted molar refractivity (Wildman–Crippen MR) is 120 cm³/mol. The zero-order valence-electron chi connectivity index (χ0n) is 18.0. The summed E-state index contributed by atoms with van der Waals surface area (Å²) in [5.41, 5.74) is 4.19. The molecule has 1 aliphatic rings. The number of benzene rings is 1. The number of nitrogens with one attached hydrogen (secondary N) is 1. The molecule has 0 aliphatic heterocycles. The van der Waals surface area contributed by atoms with E-state index in [0.717, 1.165) is 40.4 Å². The van der Waals surface area contributed by atoms with Gasteiger partial charge in [0.1, 0.15) is 11.4 Å². The number of thioether (sulfide) groups is 1. The van der Waals surface area contributed by atoms with Crippen LogP contribution in [0.1, 0.15) is 60.7 Å². The highest BCUT2D eigenvalue weighted by atomic mass is 32.2. The van der Waals surface area contributed by atoms with Crippen LogP contribution in [-0.2, 0) is 17.6 Å². The average molecular weight is 427 g/mol. The van der Waals surface area contributed by atoms with Gasteiger partial charge in [-0.15, -0.1) is 10.2 Å². The van der Waals surface area contributed by atoms with Gasteiger partial charge in [-0.3, -0.25) is 4.79 Å². The number of amides is 1. The van der Waals surface area contributed by atoms with E-state index in [1.807, 2.05) is 6.07 Å². The van der Waals surface area contributed by atoms with Crippen LogP contribution in [0, 0.1) is 13.8 Å². The number of rotatable bonds is 8. The second-order valence-corrected chi connectivity index (χ2v) is 9.01. The zero-order valence-corrected chi connectivity index (χ0v) is 18.8. The molecule has 1 N–H and O–H groups in total. The molecule has 4 rings (SSSR count). The summed E-state index contributed by atoms with van der Waals surface area (Å²) >= 11 is 1.66. The number of hydrogen-bond acceptors (Lipinski definition) is 5. The van der Waals surface area contributed by atoms with E-state index in [1.165, 1.54) is 36.8 Å². The Labute approximate surface area is 181 Å². The normalized spacial score (nSPS) is 14.6. The van der Waals surface area contributed by atoms with Gasteiger partial charge in [0, 0.05) is 30.0 Å². The van der Waals surface area contributed by atoms with Gasteiger partial charge in [0.2, 0.25) is 5.91 Å². The summed E-state index contributed by atoms with van der Waals surface area (Å²) in [6, 6.07) is 4.68. The van der Waals surface area contributed by atoms with Crippen molar-refractivity contribution < 1.29 is 9.21 Å². The fourth-order valence-electron chi connectivity index (χ4n) is 4.33. The molecule has 2 aromatic heterocycles. The Balaban J connectivity index is 1.31. The van der Waals surface area contributed by atoms with E-state index >= 15 is 0 Å². The second kappa shape index (κ2) is 9.25. The highest BCUT2D eigenvalue weighted by Gasteiger charge is 2.23. The average Bonchev–Trinajstić information content (AvgIpc) is 3.46. The SMILES string of the molecule is CSc1nnc(CCCNC(=O)Cc2coc3cc(C)c(C)cc23)n1C1CCCC1. The lowest BCUT2D eigenvalue weighted by molar-refractivity contribution is -0.120.